The number of nitrogens with zero attached hydrogens (tertiary/aromatic N) is 4. The molecule has 1 N–H and O–H groups in total. The maximum Gasteiger partial charge on any atom is 0.318 e. The predicted molar refractivity (Wildman–Crippen MR) is 82.7 cm³/mol. The molecule has 2 aliphatic heterocycles. The molecule has 0 saturated carbocycles. The van der Waals surface area contributed by atoms with Crippen molar-refractivity contribution in [1.29, 1.82) is 0 Å². The highest BCUT2D eigenvalue weighted by Crippen LogP contribution is 2.22. The number of piperidine rings is 1. The lowest BCUT2D eigenvalue weighted by atomic mass is 10.00. The van der Waals surface area contributed by atoms with E-state index in [1.165, 1.54) is 0 Å². The van der Waals surface area contributed by atoms with Crippen molar-refractivity contribution in [2.24, 2.45) is 0 Å². The lowest BCUT2D eigenvalue weighted by Gasteiger charge is -2.36. The fourth-order valence-electron chi connectivity index (χ4n) is 3.46. The molecule has 0 bridgehead atoms. The minimum Gasteiger partial charge on any atom is -0.383 e. The van der Waals surface area contributed by atoms with Gasteiger partial charge in [-0.2, -0.15) is 0 Å². The molecule has 0 unspecified atom stereocenters. The highest BCUT2D eigenvalue weighted by Gasteiger charge is 2.41. The molecule has 0 aliphatic carbocycles. The Balaban J connectivity index is 1.52. The second-order valence-corrected chi connectivity index (χ2v) is 6.07. The van der Waals surface area contributed by atoms with E-state index < -0.39 is 0 Å². The Bertz CT molecular complexity index is 518. The van der Waals surface area contributed by atoms with Crippen molar-refractivity contribution in [3.8, 4) is 0 Å². The van der Waals surface area contributed by atoms with Crippen LogP contribution >= 0.6 is 0 Å². The van der Waals surface area contributed by atoms with Crippen molar-refractivity contribution >= 4 is 6.03 Å². The van der Waals surface area contributed by atoms with Gasteiger partial charge in [-0.05, 0) is 13.3 Å². The minimum absolute atomic E-state index is 0.0550. The van der Waals surface area contributed by atoms with Gasteiger partial charge in [0.25, 0.3) is 0 Å². The van der Waals surface area contributed by atoms with Crippen LogP contribution in [-0.2, 0) is 11.3 Å². The van der Waals surface area contributed by atoms with Crippen LogP contribution < -0.4 is 5.32 Å². The maximum absolute atomic E-state index is 12.1. The van der Waals surface area contributed by atoms with Gasteiger partial charge in [-0.1, -0.05) is 0 Å². The number of likely N-dealkylation sites (tertiary alicyclic amines) is 1. The standard InChI is InChI=1S/C15H25N5O2/c1-12-16-4-6-19(12)8-7-18-5-3-14-13(11-18)17-15(21)20(14)9-10-22-2/h4,6,13-14H,3,5,7-11H2,1-2H3,(H,17,21)/t13-,14+/m0/s1. The fraction of sp³-hybridized carbons (Fsp3) is 0.733. The number of fused-ring (bicyclic) bond motifs is 1. The summed E-state index contributed by atoms with van der Waals surface area (Å²) >= 11 is 0. The van der Waals surface area contributed by atoms with E-state index in [1.54, 1.807) is 7.11 Å². The molecule has 2 aliphatic rings. The summed E-state index contributed by atoms with van der Waals surface area (Å²) in [7, 11) is 1.67. The lowest BCUT2D eigenvalue weighted by molar-refractivity contribution is 0.112. The van der Waals surface area contributed by atoms with Crippen LogP contribution in [0.25, 0.3) is 0 Å². The van der Waals surface area contributed by atoms with Gasteiger partial charge in [-0.25, -0.2) is 9.78 Å². The first-order chi connectivity index (χ1) is 10.7. The van der Waals surface area contributed by atoms with Gasteiger partial charge in [0.1, 0.15) is 5.82 Å². The molecule has 22 heavy (non-hydrogen) atoms. The minimum atomic E-state index is 0.0550. The Hall–Kier alpha value is -1.60. The number of hydrogen-bond acceptors (Lipinski definition) is 4. The molecule has 3 rings (SSSR count). The van der Waals surface area contributed by atoms with Crippen LogP contribution in [0.5, 0.6) is 0 Å². The van der Waals surface area contributed by atoms with E-state index in [4.69, 9.17) is 4.74 Å². The van der Waals surface area contributed by atoms with Crippen molar-refractivity contribution < 1.29 is 9.53 Å². The van der Waals surface area contributed by atoms with E-state index in [0.717, 1.165) is 38.4 Å². The largest absolute Gasteiger partial charge is 0.383 e. The SMILES string of the molecule is COCCN1C(=O)N[C@H]2CN(CCn3ccnc3C)CC[C@H]21. The molecule has 1 aromatic heterocycles. The number of carbonyl (C=O) groups excluding carboxylic acids is 1. The summed E-state index contributed by atoms with van der Waals surface area (Å²) in [6.07, 6.45) is 4.88. The summed E-state index contributed by atoms with van der Waals surface area (Å²) in [5.74, 6) is 1.05. The van der Waals surface area contributed by atoms with Crippen LogP contribution in [-0.4, -0.2) is 77.4 Å². The Labute approximate surface area is 131 Å². The molecule has 0 spiro atoms. The van der Waals surface area contributed by atoms with E-state index >= 15 is 0 Å². The van der Waals surface area contributed by atoms with Gasteiger partial charge in [0.15, 0.2) is 0 Å². The Kier molecular flexibility index (Phi) is 4.63. The molecule has 2 fully saturated rings. The molecular formula is C15H25N5O2. The first kappa shape index (κ1) is 15.3. The summed E-state index contributed by atoms with van der Waals surface area (Å²) in [4.78, 5) is 20.7. The topological polar surface area (TPSA) is 62.6 Å². The number of urea groups is 1. The Morgan fingerprint density at radius 2 is 2.27 bits per heavy atom. The number of aromatic nitrogens is 2. The summed E-state index contributed by atoms with van der Waals surface area (Å²) in [6, 6.07) is 0.607. The van der Waals surface area contributed by atoms with Crippen LogP contribution in [0.1, 0.15) is 12.2 Å². The summed E-state index contributed by atoms with van der Waals surface area (Å²) < 4.78 is 7.27. The van der Waals surface area contributed by atoms with Gasteiger partial charge in [-0.3, -0.25) is 4.90 Å². The number of nitrogens with one attached hydrogen (secondary N) is 1. The highest BCUT2D eigenvalue weighted by molar-refractivity contribution is 5.77. The number of methoxy groups -OCH3 is 1. The van der Waals surface area contributed by atoms with Crippen molar-refractivity contribution in [1.82, 2.24) is 24.7 Å². The Morgan fingerprint density at radius 3 is 3.00 bits per heavy atom. The van der Waals surface area contributed by atoms with Gasteiger partial charge >= 0.3 is 6.03 Å². The average Bonchev–Trinajstić information content (AvgIpc) is 3.05. The monoisotopic (exact) mass is 307 g/mol. The normalized spacial score (nSPS) is 25.4. The zero-order valence-electron chi connectivity index (χ0n) is 13.4. The Morgan fingerprint density at radius 1 is 1.41 bits per heavy atom. The molecule has 2 atom stereocenters. The van der Waals surface area contributed by atoms with Gasteiger partial charge in [-0.15, -0.1) is 0 Å². The molecule has 1 aromatic rings. The predicted octanol–water partition coefficient (Wildman–Crippen LogP) is 0.306. The molecule has 7 heteroatoms. The number of hydrogen-bond donors (Lipinski definition) is 1. The third kappa shape index (κ3) is 3.10. The number of carbonyl (C=O) groups is 1. The van der Waals surface area contributed by atoms with Gasteiger partial charge in [0.2, 0.25) is 0 Å². The third-order valence-electron chi connectivity index (χ3n) is 4.75. The molecule has 122 valence electrons. The quantitative estimate of drug-likeness (QED) is 0.821. The number of ether oxygens (including phenoxy) is 1. The van der Waals surface area contributed by atoms with Crippen molar-refractivity contribution in [2.75, 3.05) is 39.9 Å². The van der Waals surface area contributed by atoms with Crippen LogP contribution in [0, 0.1) is 6.92 Å². The lowest BCUT2D eigenvalue weighted by Crippen LogP contribution is -2.52. The van der Waals surface area contributed by atoms with Crippen molar-refractivity contribution in [2.45, 2.75) is 32.0 Å². The first-order valence-electron chi connectivity index (χ1n) is 7.95. The molecule has 3 heterocycles. The average molecular weight is 307 g/mol. The highest BCUT2D eigenvalue weighted by atomic mass is 16.5. The summed E-state index contributed by atoms with van der Waals surface area (Å²) in [5, 5.41) is 3.12. The second-order valence-electron chi connectivity index (χ2n) is 6.07. The maximum atomic E-state index is 12.1. The zero-order valence-corrected chi connectivity index (χ0v) is 13.4. The summed E-state index contributed by atoms with van der Waals surface area (Å²) in [5.41, 5.74) is 0. The van der Waals surface area contributed by atoms with E-state index in [9.17, 15) is 4.79 Å². The molecule has 2 saturated heterocycles. The molecule has 2 amide bonds. The van der Waals surface area contributed by atoms with Gasteiger partial charge in [0, 0.05) is 52.2 Å². The molecule has 0 radical (unpaired) electrons. The number of rotatable bonds is 6. The number of imidazole rings is 1. The van der Waals surface area contributed by atoms with Crippen LogP contribution in [0.4, 0.5) is 4.79 Å². The smallest absolute Gasteiger partial charge is 0.318 e. The second kappa shape index (κ2) is 6.66. The van der Waals surface area contributed by atoms with Gasteiger partial charge in [0.05, 0.1) is 18.7 Å². The molecule has 0 aromatic carbocycles. The van der Waals surface area contributed by atoms with Crippen LogP contribution in [0.15, 0.2) is 12.4 Å². The third-order valence-corrected chi connectivity index (χ3v) is 4.75. The molecular weight excluding hydrogens is 282 g/mol. The number of aryl methyl sites for hydroxylation is 1. The number of amides is 2. The van der Waals surface area contributed by atoms with E-state index in [1.807, 2.05) is 24.2 Å². The van der Waals surface area contributed by atoms with Crippen LogP contribution in [0.2, 0.25) is 0 Å². The van der Waals surface area contributed by atoms with E-state index in [-0.39, 0.29) is 12.1 Å². The first-order valence-corrected chi connectivity index (χ1v) is 7.95. The zero-order chi connectivity index (χ0) is 15.5. The fourth-order valence-corrected chi connectivity index (χ4v) is 3.46. The molecule has 7 nitrogen and oxygen atoms in total. The van der Waals surface area contributed by atoms with Crippen molar-refractivity contribution in [3.05, 3.63) is 18.2 Å². The summed E-state index contributed by atoms with van der Waals surface area (Å²) in [6.45, 7) is 7.20. The van der Waals surface area contributed by atoms with Gasteiger partial charge < -0.3 is 19.5 Å². The van der Waals surface area contributed by atoms with E-state index in [2.05, 4.69) is 19.8 Å². The van der Waals surface area contributed by atoms with Crippen molar-refractivity contribution in [3.63, 3.8) is 0 Å². The van der Waals surface area contributed by atoms with E-state index in [0.29, 0.717) is 19.2 Å². The van der Waals surface area contributed by atoms with Crippen LogP contribution in [0.3, 0.4) is 0 Å².